The van der Waals surface area contributed by atoms with Gasteiger partial charge in [0.1, 0.15) is 5.92 Å². The largest absolute Gasteiger partial charge is 0.348 e. The summed E-state index contributed by atoms with van der Waals surface area (Å²) < 4.78 is 0. The van der Waals surface area contributed by atoms with Crippen molar-refractivity contribution >= 4 is 11.8 Å². The number of hydrogen-bond acceptors (Lipinski definition) is 2. The van der Waals surface area contributed by atoms with E-state index in [4.69, 9.17) is 0 Å². The zero-order valence-corrected chi connectivity index (χ0v) is 7.70. The molecule has 2 amide bonds. The lowest BCUT2D eigenvalue weighted by Crippen LogP contribution is -2.34. The van der Waals surface area contributed by atoms with Crippen LogP contribution in [0, 0.1) is 5.92 Å². The van der Waals surface area contributed by atoms with Crippen LogP contribution in [-0.4, -0.2) is 49.3 Å². The number of carbonyl (C=O) groups is 2. The van der Waals surface area contributed by atoms with Gasteiger partial charge in [-0.05, 0) is 6.42 Å². The van der Waals surface area contributed by atoms with Crippen LogP contribution in [0.3, 0.4) is 0 Å². The van der Waals surface area contributed by atoms with E-state index >= 15 is 0 Å². The Bertz CT molecular complexity index is 213. The van der Waals surface area contributed by atoms with Crippen LogP contribution >= 0.6 is 0 Å². The highest BCUT2D eigenvalue weighted by atomic mass is 16.2. The number of hydrogen-bond donors (Lipinski definition) is 0. The summed E-state index contributed by atoms with van der Waals surface area (Å²) in [5.74, 6) is -0.553. The van der Waals surface area contributed by atoms with E-state index in [1.165, 1.54) is 4.90 Å². The monoisotopic (exact) mass is 170 g/mol. The average Bonchev–Trinajstić information content (AvgIpc) is 2.32. The molecule has 1 aliphatic heterocycles. The molecule has 1 heterocycles. The normalized spacial score (nSPS) is 23.1. The molecular weight excluding hydrogens is 156 g/mol. The van der Waals surface area contributed by atoms with Gasteiger partial charge in [0.15, 0.2) is 0 Å². The molecule has 4 heteroatoms. The molecule has 1 aliphatic rings. The molecule has 0 spiro atoms. The van der Waals surface area contributed by atoms with E-state index in [2.05, 4.69) is 0 Å². The van der Waals surface area contributed by atoms with Gasteiger partial charge in [0.2, 0.25) is 11.8 Å². The van der Waals surface area contributed by atoms with Crippen LogP contribution in [0.25, 0.3) is 0 Å². The second-order valence-electron chi connectivity index (χ2n) is 3.33. The van der Waals surface area contributed by atoms with E-state index in [0.29, 0.717) is 13.0 Å². The molecule has 1 rings (SSSR count). The van der Waals surface area contributed by atoms with E-state index < -0.39 is 5.92 Å². The summed E-state index contributed by atoms with van der Waals surface area (Å²) in [6, 6.07) is 0. The fourth-order valence-electron chi connectivity index (χ4n) is 1.36. The SMILES string of the molecule is CN(C)C(=O)C1CCN(C)C1=O. The molecule has 0 aromatic carbocycles. The maximum atomic E-state index is 11.4. The Hall–Kier alpha value is -1.06. The van der Waals surface area contributed by atoms with Crippen LogP contribution in [0.5, 0.6) is 0 Å². The number of carbonyl (C=O) groups excluding carboxylic acids is 2. The zero-order valence-electron chi connectivity index (χ0n) is 7.70. The lowest BCUT2D eigenvalue weighted by molar-refractivity contribution is -0.141. The predicted octanol–water partition coefficient (Wildman–Crippen LogP) is -0.447. The minimum atomic E-state index is -0.426. The Kier molecular flexibility index (Phi) is 2.35. The second-order valence-corrected chi connectivity index (χ2v) is 3.33. The Morgan fingerprint density at radius 3 is 2.50 bits per heavy atom. The van der Waals surface area contributed by atoms with Crippen molar-refractivity contribution in [2.24, 2.45) is 5.92 Å². The molecule has 4 nitrogen and oxygen atoms in total. The van der Waals surface area contributed by atoms with Crippen LogP contribution in [-0.2, 0) is 9.59 Å². The second kappa shape index (κ2) is 3.13. The summed E-state index contributed by atoms with van der Waals surface area (Å²) >= 11 is 0. The van der Waals surface area contributed by atoms with Gasteiger partial charge in [0.05, 0.1) is 0 Å². The molecule has 1 atom stereocenters. The third-order valence-corrected chi connectivity index (χ3v) is 2.17. The van der Waals surface area contributed by atoms with Crippen LogP contribution < -0.4 is 0 Å². The summed E-state index contributed by atoms with van der Waals surface area (Å²) in [5, 5.41) is 0. The summed E-state index contributed by atoms with van der Waals surface area (Å²) in [4.78, 5) is 25.8. The van der Waals surface area contributed by atoms with Crippen molar-refractivity contribution in [1.82, 2.24) is 9.80 Å². The maximum Gasteiger partial charge on any atom is 0.234 e. The summed E-state index contributed by atoms with van der Waals surface area (Å²) in [6.45, 7) is 0.698. The van der Waals surface area contributed by atoms with Crippen molar-refractivity contribution in [3.05, 3.63) is 0 Å². The Morgan fingerprint density at radius 2 is 2.17 bits per heavy atom. The van der Waals surface area contributed by atoms with Crippen molar-refractivity contribution in [2.45, 2.75) is 6.42 Å². The first-order valence-corrected chi connectivity index (χ1v) is 4.00. The summed E-state index contributed by atoms with van der Waals surface area (Å²) in [5.41, 5.74) is 0. The average molecular weight is 170 g/mol. The summed E-state index contributed by atoms with van der Waals surface area (Å²) in [6.07, 6.45) is 0.659. The number of nitrogens with zero attached hydrogens (tertiary/aromatic N) is 2. The zero-order chi connectivity index (χ0) is 9.30. The molecule has 68 valence electrons. The Balaban J connectivity index is 2.66. The molecule has 12 heavy (non-hydrogen) atoms. The van der Waals surface area contributed by atoms with E-state index in [1.807, 2.05) is 0 Å². The molecule has 0 bridgehead atoms. The fraction of sp³-hybridized carbons (Fsp3) is 0.750. The van der Waals surface area contributed by atoms with Gasteiger partial charge in [-0.25, -0.2) is 0 Å². The highest BCUT2D eigenvalue weighted by Crippen LogP contribution is 2.17. The first kappa shape index (κ1) is 9.03. The van der Waals surface area contributed by atoms with E-state index in [1.54, 1.807) is 26.0 Å². The van der Waals surface area contributed by atoms with Gasteiger partial charge in [-0.1, -0.05) is 0 Å². The highest BCUT2D eigenvalue weighted by molar-refractivity contribution is 6.01. The number of amides is 2. The first-order valence-electron chi connectivity index (χ1n) is 4.00. The minimum Gasteiger partial charge on any atom is -0.348 e. The van der Waals surface area contributed by atoms with E-state index in [-0.39, 0.29) is 11.8 Å². The van der Waals surface area contributed by atoms with Gasteiger partial charge in [-0.15, -0.1) is 0 Å². The van der Waals surface area contributed by atoms with Gasteiger partial charge in [0.25, 0.3) is 0 Å². The third-order valence-electron chi connectivity index (χ3n) is 2.17. The summed E-state index contributed by atoms with van der Waals surface area (Å²) in [7, 11) is 5.08. The van der Waals surface area contributed by atoms with Crippen LogP contribution in [0.4, 0.5) is 0 Å². The van der Waals surface area contributed by atoms with Gasteiger partial charge < -0.3 is 9.80 Å². The van der Waals surface area contributed by atoms with Crippen molar-refractivity contribution in [1.29, 1.82) is 0 Å². The van der Waals surface area contributed by atoms with Crippen LogP contribution in [0.2, 0.25) is 0 Å². The van der Waals surface area contributed by atoms with Gasteiger partial charge >= 0.3 is 0 Å². The Morgan fingerprint density at radius 1 is 1.58 bits per heavy atom. The van der Waals surface area contributed by atoms with Gasteiger partial charge in [0, 0.05) is 27.7 Å². The quantitative estimate of drug-likeness (QED) is 0.500. The molecule has 0 N–H and O–H groups in total. The molecule has 0 aromatic rings. The first-order chi connectivity index (χ1) is 5.54. The highest BCUT2D eigenvalue weighted by Gasteiger charge is 2.35. The molecule has 0 radical (unpaired) electrons. The Labute approximate surface area is 72.1 Å². The fourth-order valence-corrected chi connectivity index (χ4v) is 1.36. The molecule has 0 aromatic heterocycles. The van der Waals surface area contributed by atoms with Crippen LogP contribution in [0.15, 0.2) is 0 Å². The topological polar surface area (TPSA) is 40.6 Å². The molecule has 1 saturated heterocycles. The standard InChI is InChI=1S/C8H14N2O2/c1-9(2)7(11)6-4-5-10(3)8(6)12/h6H,4-5H2,1-3H3. The van der Waals surface area contributed by atoms with Gasteiger partial charge in [-0.3, -0.25) is 9.59 Å². The molecular formula is C8H14N2O2. The van der Waals surface area contributed by atoms with E-state index in [9.17, 15) is 9.59 Å². The van der Waals surface area contributed by atoms with Crippen molar-refractivity contribution in [2.75, 3.05) is 27.7 Å². The van der Waals surface area contributed by atoms with Crippen LogP contribution in [0.1, 0.15) is 6.42 Å². The minimum absolute atomic E-state index is 0.0475. The lowest BCUT2D eigenvalue weighted by atomic mass is 10.1. The van der Waals surface area contributed by atoms with Gasteiger partial charge in [-0.2, -0.15) is 0 Å². The predicted molar refractivity (Wildman–Crippen MR) is 44.4 cm³/mol. The molecule has 1 fully saturated rings. The number of rotatable bonds is 1. The van der Waals surface area contributed by atoms with Crippen molar-refractivity contribution < 1.29 is 9.59 Å². The number of likely N-dealkylation sites (tertiary alicyclic amines) is 1. The molecule has 1 unspecified atom stereocenters. The van der Waals surface area contributed by atoms with Crippen molar-refractivity contribution in [3.8, 4) is 0 Å². The smallest absolute Gasteiger partial charge is 0.234 e. The third kappa shape index (κ3) is 1.42. The van der Waals surface area contributed by atoms with Crippen molar-refractivity contribution in [3.63, 3.8) is 0 Å². The lowest BCUT2D eigenvalue weighted by Gasteiger charge is -2.14. The molecule has 0 aliphatic carbocycles. The van der Waals surface area contributed by atoms with E-state index in [0.717, 1.165) is 0 Å². The maximum absolute atomic E-state index is 11.4. The molecule has 0 saturated carbocycles.